The van der Waals surface area contributed by atoms with Crippen molar-refractivity contribution < 1.29 is 9.59 Å². The molecule has 0 radical (unpaired) electrons. The molecule has 1 saturated heterocycles. The molecule has 4 aliphatic rings. The van der Waals surface area contributed by atoms with E-state index in [1.165, 1.54) is 19.3 Å². The first kappa shape index (κ1) is 17.0. The summed E-state index contributed by atoms with van der Waals surface area (Å²) in [5.41, 5.74) is 6.32. The molecule has 0 aromatic carbocycles. The zero-order valence-electron chi connectivity index (χ0n) is 13.7. The number of rotatable bonds is 2. The minimum Gasteiger partial charge on any atom is -0.336 e. The van der Waals surface area contributed by atoms with Crippen LogP contribution in [-0.4, -0.2) is 53.3 Å². The lowest BCUT2D eigenvalue weighted by atomic mass is 9.65. The number of halogens is 1. The van der Waals surface area contributed by atoms with Gasteiger partial charge in [-0.2, -0.15) is 0 Å². The number of nitrogens with zero attached hydrogens (tertiary/aromatic N) is 2. The number of piperazine rings is 1. The van der Waals surface area contributed by atoms with Gasteiger partial charge in [-0.15, -0.1) is 12.4 Å². The molecule has 2 amide bonds. The van der Waals surface area contributed by atoms with Gasteiger partial charge in [0.2, 0.25) is 11.8 Å². The average molecular weight is 342 g/mol. The summed E-state index contributed by atoms with van der Waals surface area (Å²) in [5, 5.41) is 0. The molecule has 0 aromatic rings. The predicted octanol–water partition coefficient (Wildman–Crippen LogP) is 1.39. The molecule has 2 unspecified atom stereocenters. The van der Waals surface area contributed by atoms with E-state index in [4.69, 9.17) is 5.73 Å². The van der Waals surface area contributed by atoms with Gasteiger partial charge in [0, 0.05) is 31.1 Å². The average Bonchev–Trinajstić information content (AvgIpc) is 3.30. The van der Waals surface area contributed by atoms with Crippen molar-refractivity contribution in [1.82, 2.24) is 9.80 Å². The highest BCUT2D eigenvalue weighted by Crippen LogP contribution is 2.42. The van der Waals surface area contributed by atoms with Gasteiger partial charge in [-0.3, -0.25) is 9.59 Å². The molecule has 1 heterocycles. The maximum atomic E-state index is 12.8. The highest BCUT2D eigenvalue weighted by molar-refractivity contribution is 5.87. The van der Waals surface area contributed by atoms with Crippen LogP contribution in [0.3, 0.4) is 0 Å². The van der Waals surface area contributed by atoms with Crippen molar-refractivity contribution in [2.75, 3.05) is 19.6 Å². The number of amides is 2. The summed E-state index contributed by atoms with van der Waals surface area (Å²) >= 11 is 0. The second-order valence-electron chi connectivity index (χ2n) is 7.77. The second kappa shape index (κ2) is 6.60. The summed E-state index contributed by atoms with van der Waals surface area (Å²) < 4.78 is 0. The van der Waals surface area contributed by atoms with E-state index in [0.717, 1.165) is 38.8 Å². The van der Waals surface area contributed by atoms with Crippen molar-refractivity contribution in [3.8, 4) is 0 Å². The number of nitrogens with two attached hydrogens (primary N) is 1. The molecular formula is C17H28ClN3O2. The SMILES string of the molecule is Cl.NC1C2CCCC1CC(C(=O)N1CCN(C3CC3)C(=O)C1)C2. The maximum Gasteiger partial charge on any atom is 0.242 e. The van der Waals surface area contributed by atoms with Crippen molar-refractivity contribution in [2.45, 2.75) is 57.0 Å². The van der Waals surface area contributed by atoms with Crippen LogP contribution >= 0.6 is 12.4 Å². The minimum absolute atomic E-state index is 0. The first-order valence-corrected chi connectivity index (χ1v) is 8.97. The molecule has 4 fully saturated rings. The smallest absolute Gasteiger partial charge is 0.242 e. The Kier molecular flexibility index (Phi) is 4.88. The van der Waals surface area contributed by atoms with Crippen LogP contribution < -0.4 is 5.73 Å². The van der Waals surface area contributed by atoms with E-state index in [0.29, 0.717) is 30.5 Å². The third kappa shape index (κ3) is 3.22. The molecule has 0 aromatic heterocycles. The van der Waals surface area contributed by atoms with Gasteiger partial charge >= 0.3 is 0 Å². The molecule has 130 valence electrons. The molecule has 2 atom stereocenters. The van der Waals surface area contributed by atoms with E-state index in [9.17, 15) is 9.59 Å². The fourth-order valence-electron chi connectivity index (χ4n) is 4.90. The van der Waals surface area contributed by atoms with E-state index in [2.05, 4.69) is 0 Å². The van der Waals surface area contributed by atoms with Gasteiger partial charge < -0.3 is 15.5 Å². The van der Waals surface area contributed by atoms with E-state index in [1.54, 1.807) is 0 Å². The molecule has 0 spiro atoms. The standard InChI is InChI=1S/C17H27N3O2.ClH/c18-16-11-2-1-3-12(16)9-13(8-11)17(22)19-6-7-20(14-4-5-14)15(21)10-19;/h11-14,16H,1-10,18H2;1H. The first-order chi connectivity index (χ1) is 10.6. The summed E-state index contributed by atoms with van der Waals surface area (Å²) in [6.07, 6.45) is 7.78. The van der Waals surface area contributed by atoms with Gasteiger partial charge in [0.25, 0.3) is 0 Å². The molecule has 1 aliphatic heterocycles. The lowest BCUT2D eigenvalue weighted by Gasteiger charge is -2.45. The molecule has 2 N–H and O–H groups in total. The Bertz CT molecular complexity index is 468. The summed E-state index contributed by atoms with van der Waals surface area (Å²) in [5.74, 6) is 1.51. The van der Waals surface area contributed by atoms with E-state index < -0.39 is 0 Å². The highest BCUT2D eigenvalue weighted by atomic mass is 35.5. The number of hydrogen-bond acceptors (Lipinski definition) is 3. The van der Waals surface area contributed by atoms with Crippen molar-refractivity contribution in [3.63, 3.8) is 0 Å². The van der Waals surface area contributed by atoms with Gasteiger partial charge in [0.05, 0.1) is 6.54 Å². The molecule has 4 rings (SSSR count). The Morgan fingerprint density at radius 1 is 1.04 bits per heavy atom. The van der Waals surface area contributed by atoms with E-state index in [-0.39, 0.29) is 30.1 Å². The number of carbonyl (C=O) groups is 2. The van der Waals surface area contributed by atoms with Gasteiger partial charge in [0.1, 0.15) is 0 Å². The van der Waals surface area contributed by atoms with E-state index in [1.807, 2.05) is 9.80 Å². The Morgan fingerprint density at radius 3 is 2.26 bits per heavy atom. The van der Waals surface area contributed by atoms with Crippen LogP contribution in [0.2, 0.25) is 0 Å². The Hall–Kier alpha value is -0.810. The molecule has 5 nitrogen and oxygen atoms in total. The topological polar surface area (TPSA) is 66.6 Å². The number of hydrogen-bond donors (Lipinski definition) is 1. The summed E-state index contributed by atoms with van der Waals surface area (Å²) in [7, 11) is 0. The zero-order chi connectivity index (χ0) is 15.3. The van der Waals surface area contributed by atoms with Crippen LogP contribution in [0.1, 0.15) is 44.9 Å². The summed E-state index contributed by atoms with van der Waals surface area (Å²) in [6.45, 7) is 1.75. The third-order valence-corrected chi connectivity index (χ3v) is 6.32. The maximum absolute atomic E-state index is 12.8. The molecule has 3 saturated carbocycles. The van der Waals surface area contributed by atoms with Gasteiger partial charge in [0.15, 0.2) is 0 Å². The Balaban J connectivity index is 0.00000156. The number of fused-ring (bicyclic) bond motifs is 2. The third-order valence-electron chi connectivity index (χ3n) is 6.32. The molecule has 6 heteroatoms. The van der Waals surface area contributed by atoms with Crippen molar-refractivity contribution in [2.24, 2.45) is 23.5 Å². The fourth-order valence-corrected chi connectivity index (χ4v) is 4.90. The molecular weight excluding hydrogens is 314 g/mol. The van der Waals surface area contributed by atoms with Crippen LogP contribution in [0.15, 0.2) is 0 Å². The second-order valence-corrected chi connectivity index (χ2v) is 7.77. The van der Waals surface area contributed by atoms with Crippen LogP contribution in [-0.2, 0) is 9.59 Å². The monoisotopic (exact) mass is 341 g/mol. The van der Waals surface area contributed by atoms with Crippen LogP contribution in [0.5, 0.6) is 0 Å². The van der Waals surface area contributed by atoms with Gasteiger partial charge in [-0.05, 0) is 50.4 Å². The lowest BCUT2D eigenvalue weighted by Crippen LogP contribution is -2.56. The molecule has 23 heavy (non-hydrogen) atoms. The Labute approximate surface area is 144 Å². The predicted molar refractivity (Wildman–Crippen MR) is 90.1 cm³/mol. The van der Waals surface area contributed by atoms with Crippen LogP contribution in [0.4, 0.5) is 0 Å². The van der Waals surface area contributed by atoms with Crippen molar-refractivity contribution in [3.05, 3.63) is 0 Å². The van der Waals surface area contributed by atoms with Crippen LogP contribution in [0.25, 0.3) is 0 Å². The van der Waals surface area contributed by atoms with Gasteiger partial charge in [-0.1, -0.05) is 6.42 Å². The zero-order valence-corrected chi connectivity index (χ0v) is 14.5. The fraction of sp³-hybridized carbons (Fsp3) is 0.882. The summed E-state index contributed by atoms with van der Waals surface area (Å²) in [4.78, 5) is 28.9. The van der Waals surface area contributed by atoms with E-state index >= 15 is 0 Å². The lowest BCUT2D eigenvalue weighted by molar-refractivity contribution is -0.149. The summed E-state index contributed by atoms with van der Waals surface area (Å²) in [6, 6.07) is 0.767. The van der Waals surface area contributed by atoms with Gasteiger partial charge in [-0.25, -0.2) is 0 Å². The van der Waals surface area contributed by atoms with Crippen LogP contribution in [0, 0.1) is 17.8 Å². The first-order valence-electron chi connectivity index (χ1n) is 8.97. The van der Waals surface area contributed by atoms with Crippen molar-refractivity contribution >= 4 is 24.2 Å². The molecule has 3 aliphatic carbocycles. The highest BCUT2D eigenvalue weighted by Gasteiger charge is 2.43. The molecule has 2 bridgehead atoms. The van der Waals surface area contributed by atoms with Crippen molar-refractivity contribution in [1.29, 1.82) is 0 Å². The quantitative estimate of drug-likeness (QED) is 0.825. The minimum atomic E-state index is 0. The normalized spacial score (nSPS) is 37.3. The Morgan fingerprint density at radius 2 is 1.70 bits per heavy atom. The largest absolute Gasteiger partial charge is 0.336 e. The number of carbonyl (C=O) groups excluding carboxylic acids is 2.